The van der Waals surface area contributed by atoms with Crippen LogP contribution in [-0.2, 0) is 16.0 Å². The monoisotopic (exact) mass is 220 g/mol. The van der Waals surface area contributed by atoms with E-state index in [2.05, 4.69) is 10.6 Å². The maximum Gasteiger partial charge on any atom is 0.322 e. The maximum absolute atomic E-state index is 11.6. The van der Waals surface area contributed by atoms with E-state index < -0.39 is 5.97 Å². The molecule has 2 rings (SSSR count). The summed E-state index contributed by atoms with van der Waals surface area (Å²) in [5.41, 5.74) is 2.02. The van der Waals surface area contributed by atoms with Crippen molar-refractivity contribution in [2.45, 2.75) is 12.5 Å². The average Bonchev–Trinajstić information content (AvgIpc) is 2.69. The summed E-state index contributed by atoms with van der Waals surface area (Å²) in [5.74, 6) is -1.32. The van der Waals surface area contributed by atoms with Crippen LogP contribution in [0.2, 0.25) is 0 Å². The number of para-hydroxylation sites is 1. The van der Waals surface area contributed by atoms with Gasteiger partial charge in [-0.15, -0.1) is 0 Å². The summed E-state index contributed by atoms with van der Waals surface area (Å²) in [6.07, 6.45) is 0.599. The van der Waals surface area contributed by atoms with E-state index in [1.807, 2.05) is 24.3 Å². The van der Waals surface area contributed by atoms with Gasteiger partial charge in [0.1, 0.15) is 12.6 Å². The number of nitrogens with one attached hydrogen (secondary N) is 2. The summed E-state index contributed by atoms with van der Waals surface area (Å²) in [5, 5.41) is 13.9. The minimum absolute atomic E-state index is 0.279. The SMILES string of the molecule is O=C(O)CNC(=O)[C@@H]1Cc2ccccc2N1. The molecule has 1 aliphatic heterocycles. The Bertz CT molecular complexity index is 406. The van der Waals surface area contributed by atoms with Crippen molar-refractivity contribution in [2.24, 2.45) is 0 Å². The van der Waals surface area contributed by atoms with Crippen LogP contribution in [-0.4, -0.2) is 29.6 Å². The Morgan fingerprint density at radius 2 is 2.19 bits per heavy atom. The summed E-state index contributed by atoms with van der Waals surface area (Å²) in [4.78, 5) is 21.9. The molecule has 0 aromatic heterocycles. The molecule has 1 aromatic carbocycles. The molecular formula is C11H12N2O3. The molecule has 1 amide bonds. The van der Waals surface area contributed by atoms with Crippen LogP contribution in [0.3, 0.4) is 0 Å². The molecule has 16 heavy (non-hydrogen) atoms. The van der Waals surface area contributed by atoms with Crippen molar-refractivity contribution in [3.05, 3.63) is 29.8 Å². The highest BCUT2D eigenvalue weighted by molar-refractivity contribution is 5.89. The van der Waals surface area contributed by atoms with Gasteiger partial charge in [-0.3, -0.25) is 9.59 Å². The first-order valence-electron chi connectivity index (χ1n) is 5.01. The number of carbonyl (C=O) groups is 2. The first kappa shape index (κ1) is 10.5. The highest BCUT2D eigenvalue weighted by Gasteiger charge is 2.26. The molecule has 1 atom stereocenters. The number of carboxylic acids is 1. The Morgan fingerprint density at radius 1 is 1.44 bits per heavy atom. The van der Waals surface area contributed by atoms with Gasteiger partial charge in [0.2, 0.25) is 5.91 Å². The lowest BCUT2D eigenvalue weighted by atomic mass is 10.1. The molecule has 0 saturated heterocycles. The zero-order chi connectivity index (χ0) is 11.5. The lowest BCUT2D eigenvalue weighted by Gasteiger charge is -2.10. The number of carboxylic acid groups (broad SMARTS) is 1. The summed E-state index contributed by atoms with van der Waals surface area (Å²) >= 11 is 0. The average molecular weight is 220 g/mol. The fourth-order valence-electron chi connectivity index (χ4n) is 1.74. The van der Waals surface area contributed by atoms with Crippen LogP contribution in [0.15, 0.2) is 24.3 Å². The summed E-state index contributed by atoms with van der Waals surface area (Å²) in [7, 11) is 0. The zero-order valence-corrected chi connectivity index (χ0v) is 8.56. The number of anilines is 1. The molecule has 0 saturated carbocycles. The minimum Gasteiger partial charge on any atom is -0.480 e. The van der Waals surface area contributed by atoms with Crippen LogP contribution in [0.5, 0.6) is 0 Å². The first-order valence-corrected chi connectivity index (χ1v) is 5.01. The number of aliphatic carboxylic acids is 1. The normalized spacial score (nSPS) is 17.4. The minimum atomic E-state index is -1.04. The summed E-state index contributed by atoms with van der Waals surface area (Å²) in [6, 6.07) is 7.30. The second-order valence-corrected chi connectivity index (χ2v) is 3.67. The zero-order valence-electron chi connectivity index (χ0n) is 8.56. The number of amides is 1. The number of rotatable bonds is 3. The fraction of sp³-hybridized carbons (Fsp3) is 0.273. The van der Waals surface area contributed by atoms with Gasteiger partial charge in [-0.05, 0) is 11.6 Å². The number of hydrogen-bond acceptors (Lipinski definition) is 3. The van der Waals surface area contributed by atoms with E-state index in [0.717, 1.165) is 11.3 Å². The van der Waals surface area contributed by atoms with Gasteiger partial charge < -0.3 is 15.7 Å². The summed E-state index contributed by atoms with van der Waals surface area (Å²) < 4.78 is 0. The van der Waals surface area contributed by atoms with Crippen LogP contribution in [0.1, 0.15) is 5.56 Å². The van der Waals surface area contributed by atoms with Crippen molar-refractivity contribution in [3.63, 3.8) is 0 Å². The van der Waals surface area contributed by atoms with E-state index in [-0.39, 0.29) is 18.5 Å². The van der Waals surface area contributed by atoms with E-state index in [4.69, 9.17) is 5.11 Å². The largest absolute Gasteiger partial charge is 0.480 e. The van der Waals surface area contributed by atoms with E-state index in [9.17, 15) is 9.59 Å². The molecular weight excluding hydrogens is 208 g/mol. The molecule has 84 valence electrons. The van der Waals surface area contributed by atoms with Gasteiger partial charge >= 0.3 is 5.97 Å². The number of hydrogen-bond donors (Lipinski definition) is 3. The molecule has 0 aliphatic carbocycles. The van der Waals surface area contributed by atoms with Gasteiger partial charge in [-0.1, -0.05) is 18.2 Å². The quantitative estimate of drug-likeness (QED) is 0.681. The Labute approximate surface area is 92.5 Å². The van der Waals surface area contributed by atoms with E-state index in [1.54, 1.807) is 0 Å². The van der Waals surface area contributed by atoms with Crippen LogP contribution >= 0.6 is 0 Å². The Hall–Kier alpha value is -2.04. The van der Waals surface area contributed by atoms with Crippen LogP contribution in [0, 0.1) is 0 Å². The van der Waals surface area contributed by atoms with Crippen molar-refractivity contribution < 1.29 is 14.7 Å². The topological polar surface area (TPSA) is 78.4 Å². The van der Waals surface area contributed by atoms with Crippen LogP contribution in [0.4, 0.5) is 5.69 Å². The van der Waals surface area contributed by atoms with E-state index in [1.165, 1.54) is 0 Å². The molecule has 1 aliphatic rings. The molecule has 1 heterocycles. The predicted octanol–water partition coefficient (Wildman–Crippen LogP) is 0.224. The Kier molecular flexibility index (Phi) is 2.76. The molecule has 1 aromatic rings. The fourth-order valence-corrected chi connectivity index (χ4v) is 1.74. The molecule has 0 radical (unpaired) electrons. The third-order valence-electron chi connectivity index (χ3n) is 2.50. The van der Waals surface area contributed by atoms with E-state index >= 15 is 0 Å². The first-order chi connectivity index (χ1) is 7.66. The number of carbonyl (C=O) groups excluding carboxylic acids is 1. The van der Waals surface area contributed by atoms with Crippen molar-refractivity contribution in [2.75, 3.05) is 11.9 Å². The third kappa shape index (κ3) is 2.13. The number of benzene rings is 1. The molecule has 0 fully saturated rings. The van der Waals surface area contributed by atoms with Crippen molar-refractivity contribution in [1.82, 2.24) is 5.32 Å². The summed E-state index contributed by atoms with van der Waals surface area (Å²) in [6.45, 7) is -0.340. The molecule has 0 bridgehead atoms. The predicted molar refractivity (Wildman–Crippen MR) is 58.2 cm³/mol. The highest BCUT2D eigenvalue weighted by atomic mass is 16.4. The van der Waals surface area contributed by atoms with Crippen molar-refractivity contribution in [3.8, 4) is 0 Å². The molecule has 3 N–H and O–H groups in total. The van der Waals surface area contributed by atoms with Gasteiger partial charge in [0, 0.05) is 12.1 Å². The Balaban J connectivity index is 1.96. The third-order valence-corrected chi connectivity index (χ3v) is 2.50. The lowest BCUT2D eigenvalue weighted by Crippen LogP contribution is -2.40. The van der Waals surface area contributed by atoms with Gasteiger partial charge in [-0.25, -0.2) is 0 Å². The standard InChI is InChI=1S/C11H12N2O3/c14-10(15)6-12-11(16)9-5-7-3-1-2-4-8(7)13-9/h1-4,9,13H,5-6H2,(H,12,16)(H,14,15)/t9-/m0/s1. The van der Waals surface area contributed by atoms with E-state index in [0.29, 0.717) is 6.42 Å². The lowest BCUT2D eigenvalue weighted by molar-refractivity contribution is -0.138. The molecule has 5 heteroatoms. The Morgan fingerprint density at radius 3 is 2.88 bits per heavy atom. The molecule has 5 nitrogen and oxygen atoms in total. The van der Waals surface area contributed by atoms with Crippen molar-refractivity contribution in [1.29, 1.82) is 0 Å². The van der Waals surface area contributed by atoms with Crippen molar-refractivity contribution >= 4 is 17.6 Å². The second-order valence-electron chi connectivity index (χ2n) is 3.67. The van der Waals surface area contributed by atoms with Crippen LogP contribution in [0.25, 0.3) is 0 Å². The van der Waals surface area contributed by atoms with Gasteiger partial charge in [0.15, 0.2) is 0 Å². The smallest absolute Gasteiger partial charge is 0.322 e. The van der Waals surface area contributed by atoms with Crippen LogP contribution < -0.4 is 10.6 Å². The van der Waals surface area contributed by atoms with Gasteiger partial charge in [0.05, 0.1) is 0 Å². The second kappa shape index (κ2) is 4.22. The van der Waals surface area contributed by atoms with Gasteiger partial charge in [-0.2, -0.15) is 0 Å². The highest BCUT2D eigenvalue weighted by Crippen LogP contribution is 2.24. The molecule has 0 spiro atoms. The van der Waals surface area contributed by atoms with Gasteiger partial charge in [0.25, 0.3) is 0 Å². The molecule has 0 unspecified atom stereocenters. The number of fused-ring (bicyclic) bond motifs is 1. The maximum atomic E-state index is 11.6.